The minimum atomic E-state index is -0.171. The summed E-state index contributed by atoms with van der Waals surface area (Å²) in [5.41, 5.74) is 2.41. The number of thioether (sulfide) groups is 1. The lowest BCUT2D eigenvalue weighted by Crippen LogP contribution is -2.25. The van der Waals surface area contributed by atoms with Crippen molar-refractivity contribution in [3.05, 3.63) is 94.4 Å². The Bertz CT molecular complexity index is 831. The quantitative estimate of drug-likeness (QED) is 0.569. The first-order valence-electron chi connectivity index (χ1n) is 8.44. The number of nitrogens with one attached hydrogen (secondary N) is 1. The van der Waals surface area contributed by atoms with Crippen LogP contribution in [0.5, 0.6) is 0 Å². The highest BCUT2D eigenvalue weighted by atomic mass is 35.5. The van der Waals surface area contributed by atoms with Gasteiger partial charge in [0.05, 0.1) is 5.75 Å². The molecule has 1 N–H and O–H groups in total. The third-order valence-electron chi connectivity index (χ3n) is 3.85. The maximum Gasteiger partial charge on any atom is 0.287 e. The van der Waals surface area contributed by atoms with Crippen LogP contribution in [0.2, 0.25) is 5.02 Å². The molecule has 1 amide bonds. The highest BCUT2D eigenvalue weighted by Gasteiger charge is 2.10. The van der Waals surface area contributed by atoms with Crippen molar-refractivity contribution in [3.63, 3.8) is 0 Å². The van der Waals surface area contributed by atoms with Gasteiger partial charge < -0.3 is 9.73 Å². The molecule has 0 aliphatic heterocycles. The van der Waals surface area contributed by atoms with Crippen molar-refractivity contribution in [2.75, 3.05) is 6.54 Å². The molecule has 0 spiro atoms. The SMILES string of the molecule is O=C(NCCc1ccccc1)c1ccc(CSCc2ccc(Cl)cc2)o1. The second-order valence-electron chi connectivity index (χ2n) is 5.88. The molecule has 0 saturated heterocycles. The van der Waals surface area contributed by atoms with Crippen LogP contribution in [0.25, 0.3) is 0 Å². The first-order chi connectivity index (χ1) is 12.7. The molecular formula is C21H20ClNO2S. The maximum atomic E-state index is 12.2. The van der Waals surface area contributed by atoms with Crippen molar-refractivity contribution < 1.29 is 9.21 Å². The van der Waals surface area contributed by atoms with E-state index in [1.807, 2.05) is 48.5 Å². The van der Waals surface area contributed by atoms with Gasteiger partial charge in [-0.05, 0) is 41.8 Å². The van der Waals surface area contributed by atoms with Gasteiger partial charge >= 0.3 is 0 Å². The molecule has 3 rings (SSSR count). The predicted molar refractivity (Wildman–Crippen MR) is 108 cm³/mol. The number of benzene rings is 2. The van der Waals surface area contributed by atoms with Gasteiger partial charge in [-0.3, -0.25) is 4.79 Å². The first kappa shape index (κ1) is 18.6. The fraction of sp³-hybridized carbons (Fsp3) is 0.190. The monoisotopic (exact) mass is 385 g/mol. The van der Waals surface area contributed by atoms with Crippen molar-refractivity contribution in [1.82, 2.24) is 5.32 Å². The van der Waals surface area contributed by atoms with Crippen molar-refractivity contribution in [2.45, 2.75) is 17.9 Å². The molecule has 1 heterocycles. The summed E-state index contributed by atoms with van der Waals surface area (Å²) in [5, 5.41) is 3.64. The van der Waals surface area contributed by atoms with E-state index in [1.54, 1.807) is 17.8 Å². The molecule has 0 atom stereocenters. The van der Waals surface area contributed by atoms with E-state index in [1.165, 1.54) is 11.1 Å². The number of amides is 1. The van der Waals surface area contributed by atoms with Gasteiger partial charge in [-0.1, -0.05) is 54.1 Å². The van der Waals surface area contributed by atoms with Gasteiger partial charge in [0.2, 0.25) is 0 Å². The normalized spacial score (nSPS) is 10.7. The number of carbonyl (C=O) groups is 1. The van der Waals surface area contributed by atoms with Crippen molar-refractivity contribution in [3.8, 4) is 0 Å². The van der Waals surface area contributed by atoms with Gasteiger partial charge in [0.15, 0.2) is 5.76 Å². The van der Waals surface area contributed by atoms with Crippen molar-refractivity contribution in [2.24, 2.45) is 0 Å². The summed E-state index contributed by atoms with van der Waals surface area (Å²) >= 11 is 7.62. The number of carbonyl (C=O) groups excluding carboxylic acids is 1. The highest BCUT2D eigenvalue weighted by Crippen LogP contribution is 2.20. The Morgan fingerprint density at radius 3 is 2.46 bits per heavy atom. The fourth-order valence-electron chi connectivity index (χ4n) is 2.48. The number of halogens is 1. The van der Waals surface area contributed by atoms with Crippen molar-refractivity contribution >= 4 is 29.3 Å². The van der Waals surface area contributed by atoms with Crippen LogP contribution in [0.1, 0.15) is 27.4 Å². The zero-order valence-corrected chi connectivity index (χ0v) is 15.9. The lowest BCUT2D eigenvalue weighted by atomic mass is 10.1. The van der Waals surface area contributed by atoms with Gasteiger partial charge in [-0.15, -0.1) is 11.8 Å². The third-order valence-corrected chi connectivity index (χ3v) is 5.13. The smallest absolute Gasteiger partial charge is 0.287 e. The number of hydrogen-bond donors (Lipinski definition) is 1. The van der Waals surface area contributed by atoms with Gasteiger partial charge in [0, 0.05) is 17.3 Å². The van der Waals surface area contributed by atoms with Crippen LogP contribution in [0.3, 0.4) is 0 Å². The Balaban J connectivity index is 1.41. The van der Waals surface area contributed by atoms with Crippen LogP contribution in [0.15, 0.2) is 71.1 Å². The van der Waals surface area contributed by atoms with Crippen molar-refractivity contribution in [1.29, 1.82) is 0 Å². The summed E-state index contributed by atoms with van der Waals surface area (Å²) in [7, 11) is 0. The van der Waals surface area contributed by atoms with E-state index in [-0.39, 0.29) is 5.91 Å². The van der Waals surface area contributed by atoms with Crippen LogP contribution >= 0.6 is 23.4 Å². The van der Waals surface area contributed by atoms with E-state index in [9.17, 15) is 4.79 Å². The molecule has 0 saturated carbocycles. The summed E-state index contributed by atoms with van der Waals surface area (Å²) < 4.78 is 5.65. The largest absolute Gasteiger partial charge is 0.455 e. The van der Waals surface area contributed by atoms with E-state index in [2.05, 4.69) is 17.4 Å². The second kappa shape index (κ2) is 9.51. The molecule has 0 aliphatic rings. The zero-order valence-electron chi connectivity index (χ0n) is 14.3. The lowest BCUT2D eigenvalue weighted by Gasteiger charge is -2.03. The minimum Gasteiger partial charge on any atom is -0.455 e. The highest BCUT2D eigenvalue weighted by molar-refractivity contribution is 7.97. The lowest BCUT2D eigenvalue weighted by molar-refractivity contribution is 0.0925. The van der Waals surface area contributed by atoms with Crippen LogP contribution in [-0.4, -0.2) is 12.5 Å². The molecule has 1 aromatic heterocycles. The molecular weight excluding hydrogens is 366 g/mol. The number of furan rings is 1. The molecule has 26 heavy (non-hydrogen) atoms. The van der Waals surface area contributed by atoms with E-state index >= 15 is 0 Å². The van der Waals surface area contributed by atoms with Crippen LogP contribution in [-0.2, 0) is 17.9 Å². The maximum absolute atomic E-state index is 12.2. The van der Waals surface area contributed by atoms with Gasteiger partial charge in [-0.25, -0.2) is 0 Å². The first-order valence-corrected chi connectivity index (χ1v) is 9.97. The fourth-order valence-corrected chi connectivity index (χ4v) is 3.49. The molecule has 0 unspecified atom stereocenters. The van der Waals surface area contributed by atoms with Gasteiger partial charge in [-0.2, -0.15) is 0 Å². The van der Waals surface area contributed by atoms with E-state index in [0.29, 0.717) is 12.3 Å². The standard InChI is InChI=1S/C21H20ClNO2S/c22-18-8-6-17(7-9-18)14-26-15-19-10-11-20(25-19)21(24)23-13-12-16-4-2-1-3-5-16/h1-11H,12-15H2,(H,23,24). The Morgan fingerprint density at radius 1 is 0.923 bits per heavy atom. The molecule has 3 nitrogen and oxygen atoms in total. The number of hydrogen-bond acceptors (Lipinski definition) is 3. The topological polar surface area (TPSA) is 42.2 Å². The van der Waals surface area contributed by atoms with E-state index in [0.717, 1.165) is 28.7 Å². The Labute approximate surface area is 162 Å². The number of rotatable bonds is 8. The Hall–Kier alpha value is -2.17. The summed E-state index contributed by atoms with van der Waals surface area (Å²) in [6.45, 7) is 0.587. The van der Waals surface area contributed by atoms with Crippen LogP contribution < -0.4 is 5.32 Å². The van der Waals surface area contributed by atoms with Gasteiger partial charge in [0.1, 0.15) is 5.76 Å². The molecule has 0 fully saturated rings. The van der Waals surface area contributed by atoms with Crippen LogP contribution in [0, 0.1) is 0 Å². The molecule has 5 heteroatoms. The summed E-state index contributed by atoms with van der Waals surface area (Å²) in [4.78, 5) is 12.2. The molecule has 3 aromatic rings. The summed E-state index contributed by atoms with van der Waals surface area (Å²) in [6.07, 6.45) is 0.803. The Morgan fingerprint density at radius 2 is 1.69 bits per heavy atom. The predicted octanol–water partition coefficient (Wildman–Crippen LogP) is 5.34. The van der Waals surface area contributed by atoms with E-state index in [4.69, 9.17) is 16.0 Å². The molecule has 134 valence electrons. The average Bonchev–Trinajstić information content (AvgIpc) is 3.13. The summed E-state index contributed by atoms with van der Waals surface area (Å²) in [5.74, 6) is 2.59. The Kier molecular flexibility index (Phi) is 6.81. The average molecular weight is 386 g/mol. The minimum absolute atomic E-state index is 0.171. The molecule has 0 aliphatic carbocycles. The molecule has 0 radical (unpaired) electrons. The van der Waals surface area contributed by atoms with Crippen LogP contribution in [0.4, 0.5) is 0 Å². The second-order valence-corrected chi connectivity index (χ2v) is 7.30. The molecule has 2 aromatic carbocycles. The third kappa shape index (κ3) is 5.68. The van der Waals surface area contributed by atoms with E-state index < -0.39 is 0 Å². The zero-order chi connectivity index (χ0) is 18.2. The summed E-state index contributed by atoms with van der Waals surface area (Å²) in [6, 6.07) is 21.5. The van der Waals surface area contributed by atoms with Gasteiger partial charge in [0.25, 0.3) is 5.91 Å². The molecule has 0 bridgehead atoms.